The minimum Gasteiger partial charge on any atom is -0.488 e. The largest absolute Gasteiger partial charge is 0.488 e. The predicted octanol–water partition coefficient (Wildman–Crippen LogP) is 7.78. The molecule has 0 aromatic heterocycles. The van der Waals surface area contributed by atoms with Crippen LogP contribution in [0.1, 0.15) is 47.2 Å². The van der Waals surface area contributed by atoms with Gasteiger partial charge in [-0.3, -0.25) is 9.59 Å². The molecule has 0 aliphatic rings. The van der Waals surface area contributed by atoms with Crippen molar-refractivity contribution in [1.82, 2.24) is 10.6 Å². The van der Waals surface area contributed by atoms with Gasteiger partial charge in [-0.05, 0) is 128 Å². The van der Waals surface area contributed by atoms with E-state index in [-0.39, 0.29) is 0 Å². The Labute approximate surface area is 286 Å². The van der Waals surface area contributed by atoms with Gasteiger partial charge in [0.05, 0.1) is 8.95 Å². The Kier molecular flexibility index (Phi) is 12.4. The fourth-order valence-corrected chi connectivity index (χ4v) is 5.91. The molecule has 2 atom stereocenters. The zero-order valence-corrected chi connectivity index (χ0v) is 29.4. The van der Waals surface area contributed by atoms with Crippen LogP contribution in [0.3, 0.4) is 0 Å². The summed E-state index contributed by atoms with van der Waals surface area (Å²) in [5, 5.41) is 24.1. The van der Waals surface area contributed by atoms with Gasteiger partial charge in [-0.15, -0.1) is 0 Å². The number of carboxylic acids is 2. The molecule has 0 radical (unpaired) electrons. The first-order valence-corrected chi connectivity index (χ1v) is 16.4. The third kappa shape index (κ3) is 9.19. The van der Waals surface area contributed by atoms with E-state index >= 15 is 0 Å². The minimum absolute atomic E-state index is 0.391. The van der Waals surface area contributed by atoms with Crippen molar-refractivity contribution in [2.75, 3.05) is 0 Å². The molecule has 0 saturated heterocycles. The van der Waals surface area contributed by atoms with Gasteiger partial charge in [0.25, 0.3) is 0 Å². The van der Waals surface area contributed by atoms with Crippen molar-refractivity contribution < 1.29 is 29.3 Å². The lowest BCUT2D eigenvalue weighted by Crippen LogP contribution is -2.33. The molecule has 0 amide bonds. The lowest BCUT2D eigenvalue weighted by Gasteiger charge is -2.17. The SMILES string of the molecule is Cc1c(COc2ccc(CN[C@@H](C)C(=O)O)cc2Br)cccc1-c1cccc(COc2ccc(CN[C@@H](C)C(=O)O)cc2Br)c1C. The van der Waals surface area contributed by atoms with E-state index in [0.29, 0.717) is 37.8 Å². The lowest BCUT2D eigenvalue weighted by atomic mass is 9.92. The van der Waals surface area contributed by atoms with Crippen molar-refractivity contribution in [3.05, 3.63) is 115 Å². The summed E-state index contributed by atoms with van der Waals surface area (Å²) in [5.41, 5.74) is 8.57. The molecule has 0 unspecified atom stereocenters. The molecule has 0 bridgehead atoms. The summed E-state index contributed by atoms with van der Waals surface area (Å²) < 4.78 is 14.0. The zero-order valence-electron chi connectivity index (χ0n) is 26.2. The highest BCUT2D eigenvalue weighted by molar-refractivity contribution is 9.10. The Morgan fingerprint density at radius 1 is 0.674 bits per heavy atom. The van der Waals surface area contributed by atoms with Gasteiger partial charge in [-0.2, -0.15) is 0 Å². The summed E-state index contributed by atoms with van der Waals surface area (Å²) in [4.78, 5) is 22.2. The molecule has 4 N–H and O–H groups in total. The van der Waals surface area contributed by atoms with Gasteiger partial charge in [0.15, 0.2) is 0 Å². The number of hydrogen-bond acceptors (Lipinski definition) is 6. The standard InChI is InChI=1S/C36H38Br2N2O6/c1-21-27(19-45-33-13-11-25(15-31(33)37)17-39-23(3)35(41)42)7-5-9-29(21)30-10-6-8-28(22(30)2)20-46-34-14-12-26(16-32(34)38)18-40-24(4)36(43)44/h5-16,23-24,39-40H,17-20H2,1-4H3,(H,41,42)(H,43,44)/t23-,24-/m0/s1. The molecule has 0 aliphatic heterocycles. The lowest BCUT2D eigenvalue weighted by molar-refractivity contribution is -0.140. The van der Waals surface area contributed by atoms with Gasteiger partial charge >= 0.3 is 11.9 Å². The van der Waals surface area contributed by atoms with E-state index in [1.807, 2.05) is 48.5 Å². The summed E-state index contributed by atoms with van der Waals surface area (Å²) in [7, 11) is 0. The molecule has 0 heterocycles. The van der Waals surface area contributed by atoms with E-state index in [1.54, 1.807) is 13.8 Å². The number of rotatable bonds is 15. The number of halogens is 2. The van der Waals surface area contributed by atoms with Crippen molar-refractivity contribution in [3.8, 4) is 22.6 Å². The number of hydrogen-bond donors (Lipinski definition) is 4. The topological polar surface area (TPSA) is 117 Å². The molecule has 0 spiro atoms. The fourth-order valence-electron chi connectivity index (χ4n) is 4.83. The highest BCUT2D eigenvalue weighted by atomic mass is 79.9. The van der Waals surface area contributed by atoms with Crippen LogP contribution in [0.2, 0.25) is 0 Å². The van der Waals surface area contributed by atoms with Crippen LogP contribution in [0.5, 0.6) is 11.5 Å². The van der Waals surface area contributed by atoms with Crippen LogP contribution in [0, 0.1) is 13.8 Å². The number of ether oxygens (including phenoxy) is 2. The fraction of sp³-hybridized carbons (Fsp3) is 0.278. The van der Waals surface area contributed by atoms with E-state index < -0.39 is 24.0 Å². The first-order valence-electron chi connectivity index (χ1n) is 14.9. The quantitative estimate of drug-likeness (QED) is 0.0973. The zero-order chi connectivity index (χ0) is 33.4. The Balaban J connectivity index is 1.42. The molecule has 4 aromatic rings. The van der Waals surface area contributed by atoms with Crippen LogP contribution < -0.4 is 20.1 Å². The van der Waals surface area contributed by atoms with Crippen molar-refractivity contribution in [1.29, 1.82) is 0 Å². The normalized spacial score (nSPS) is 12.4. The van der Waals surface area contributed by atoms with E-state index in [2.05, 4.69) is 80.6 Å². The maximum absolute atomic E-state index is 11.1. The molecule has 242 valence electrons. The molecule has 0 aliphatic carbocycles. The van der Waals surface area contributed by atoms with Gasteiger partial charge < -0.3 is 30.3 Å². The van der Waals surface area contributed by atoms with E-state index in [0.717, 1.165) is 53.5 Å². The second-order valence-corrected chi connectivity index (χ2v) is 12.9. The molecule has 8 nitrogen and oxygen atoms in total. The minimum atomic E-state index is -0.887. The number of carboxylic acid groups (broad SMARTS) is 2. The molecule has 0 fully saturated rings. The van der Waals surface area contributed by atoms with Crippen molar-refractivity contribution in [2.24, 2.45) is 0 Å². The molecule has 4 aromatic carbocycles. The van der Waals surface area contributed by atoms with Crippen LogP contribution in [-0.2, 0) is 35.9 Å². The third-order valence-electron chi connectivity index (χ3n) is 7.91. The molecule has 4 rings (SSSR count). The van der Waals surface area contributed by atoms with E-state index in [4.69, 9.17) is 19.7 Å². The highest BCUT2D eigenvalue weighted by Crippen LogP contribution is 2.33. The van der Waals surface area contributed by atoms with Gasteiger partial charge in [-0.1, -0.05) is 48.5 Å². The number of aliphatic carboxylic acids is 2. The van der Waals surface area contributed by atoms with E-state index in [1.165, 1.54) is 0 Å². The average Bonchev–Trinajstić information content (AvgIpc) is 3.02. The van der Waals surface area contributed by atoms with Crippen LogP contribution in [0.4, 0.5) is 0 Å². The Hall–Kier alpha value is -3.70. The van der Waals surface area contributed by atoms with Gasteiger partial charge in [0.2, 0.25) is 0 Å². The van der Waals surface area contributed by atoms with Crippen LogP contribution in [0.15, 0.2) is 81.7 Å². The first-order chi connectivity index (χ1) is 21.9. The number of nitrogens with one attached hydrogen (secondary N) is 2. The molecule has 46 heavy (non-hydrogen) atoms. The summed E-state index contributed by atoms with van der Waals surface area (Å²) >= 11 is 7.19. The third-order valence-corrected chi connectivity index (χ3v) is 9.15. The number of benzene rings is 4. The molecular formula is C36H38Br2N2O6. The van der Waals surface area contributed by atoms with E-state index in [9.17, 15) is 9.59 Å². The van der Waals surface area contributed by atoms with Crippen molar-refractivity contribution in [3.63, 3.8) is 0 Å². The van der Waals surface area contributed by atoms with Gasteiger partial charge in [-0.25, -0.2) is 0 Å². The average molecular weight is 755 g/mol. The monoisotopic (exact) mass is 752 g/mol. The Bertz CT molecular complexity index is 1590. The number of carbonyl (C=O) groups is 2. The van der Waals surface area contributed by atoms with Crippen molar-refractivity contribution >= 4 is 43.8 Å². The summed E-state index contributed by atoms with van der Waals surface area (Å²) in [6.45, 7) is 9.10. The van der Waals surface area contributed by atoms with Crippen LogP contribution >= 0.6 is 31.9 Å². The van der Waals surface area contributed by atoms with Gasteiger partial charge in [0.1, 0.15) is 36.8 Å². The molecule has 10 heteroatoms. The highest BCUT2D eigenvalue weighted by Gasteiger charge is 2.15. The van der Waals surface area contributed by atoms with Crippen LogP contribution in [0.25, 0.3) is 11.1 Å². The summed E-state index contributed by atoms with van der Waals surface area (Å²) in [5.74, 6) is -0.356. The predicted molar refractivity (Wildman–Crippen MR) is 186 cm³/mol. The first kappa shape index (κ1) is 35.2. The summed E-state index contributed by atoms with van der Waals surface area (Å²) in [6, 6.07) is 22.7. The maximum Gasteiger partial charge on any atom is 0.320 e. The smallest absolute Gasteiger partial charge is 0.320 e. The van der Waals surface area contributed by atoms with Crippen molar-refractivity contribution in [2.45, 2.75) is 66.1 Å². The Morgan fingerprint density at radius 2 is 1.07 bits per heavy atom. The second-order valence-electron chi connectivity index (χ2n) is 11.2. The Morgan fingerprint density at radius 3 is 1.41 bits per heavy atom. The maximum atomic E-state index is 11.1. The second kappa shape index (κ2) is 16.2. The molecular weight excluding hydrogens is 716 g/mol. The summed E-state index contributed by atoms with van der Waals surface area (Å²) in [6.07, 6.45) is 0. The molecule has 0 saturated carbocycles. The van der Waals surface area contributed by atoms with Crippen LogP contribution in [-0.4, -0.2) is 34.2 Å². The van der Waals surface area contributed by atoms with Gasteiger partial charge in [0, 0.05) is 13.1 Å².